The van der Waals surface area contributed by atoms with Gasteiger partial charge in [-0.3, -0.25) is 9.89 Å². The Morgan fingerprint density at radius 2 is 2.21 bits per heavy atom. The maximum absolute atomic E-state index is 11.8. The summed E-state index contributed by atoms with van der Waals surface area (Å²) >= 11 is 0. The Labute approximate surface area is 162 Å². The molecule has 2 aliphatic rings. The van der Waals surface area contributed by atoms with Gasteiger partial charge in [0.2, 0.25) is 0 Å². The molecule has 1 aliphatic heterocycles. The summed E-state index contributed by atoms with van der Waals surface area (Å²) < 4.78 is 5.49. The summed E-state index contributed by atoms with van der Waals surface area (Å²) in [6, 6.07) is 3.73. The number of aromatic nitrogens is 3. The van der Waals surface area contributed by atoms with Crippen LogP contribution in [0.25, 0.3) is 0 Å². The minimum absolute atomic E-state index is 0.0597. The zero-order valence-corrected chi connectivity index (χ0v) is 15.9. The predicted octanol–water partition coefficient (Wildman–Crippen LogP) is 2.56. The fourth-order valence-electron chi connectivity index (χ4n) is 3.74. The Morgan fingerprint density at radius 3 is 3.04 bits per heavy atom. The van der Waals surface area contributed by atoms with Crippen LogP contribution in [-0.2, 0) is 11.3 Å². The lowest BCUT2D eigenvalue weighted by Gasteiger charge is -2.14. The normalized spacial score (nSPS) is 20.8. The highest BCUT2D eigenvalue weighted by atomic mass is 16.6. The van der Waals surface area contributed by atoms with Gasteiger partial charge in [0.05, 0.1) is 0 Å². The smallest absolute Gasteiger partial charge is 0.407 e. The number of pyridine rings is 1. The van der Waals surface area contributed by atoms with Crippen molar-refractivity contribution in [3.05, 3.63) is 35.2 Å². The van der Waals surface area contributed by atoms with Crippen molar-refractivity contribution in [2.24, 2.45) is 0 Å². The van der Waals surface area contributed by atoms with Crippen LogP contribution in [0.3, 0.4) is 0 Å². The van der Waals surface area contributed by atoms with Gasteiger partial charge in [0.1, 0.15) is 11.9 Å². The van der Waals surface area contributed by atoms with Gasteiger partial charge in [0.15, 0.2) is 5.82 Å². The molecule has 1 aliphatic carbocycles. The van der Waals surface area contributed by atoms with E-state index in [1.54, 1.807) is 12.3 Å². The second-order valence-electron chi connectivity index (χ2n) is 7.54. The number of anilines is 2. The first-order chi connectivity index (χ1) is 13.5. The monoisotopic (exact) mass is 384 g/mol. The molecular formula is C19H24N6O3. The van der Waals surface area contributed by atoms with Crippen LogP contribution in [0, 0.1) is 0 Å². The van der Waals surface area contributed by atoms with Crippen LogP contribution in [0.4, 0.5) is 16.4 Å². The van der Waals surface area contributed by atoms with Crippen LogP contribution in [0.1, 0.15) is 60.6 Å². The molecule has 2 amide bonds. The maximum Gasteiger partial charge on any atom is 0.407 e. The van der Waals surface area contributed by atoms with Crippen molar-refractivity contribution in [2.45, 2.75) is 57.7 Å². The van der Waals surface area contributed by atoms with E-state index in [9.17, 15) is 9.59 Å². The molecule has 0 saturated heterocycles. The lowest BCUT2D eigenvalue weighted by atomic mass is 10.0. The summed E-state index contributed by atoms with van der Waals surface area (Å²) in [7, 11) is 0. The fraction of sp³-hybridized carbons (Fsp3) is 0.474. The van der Waals surface area contributed by atoms with E-state index in [-0.39, 0.29) is 30.1 Å². The van der Waals surface area contributed by atoms with Crippen molar-refractivity contribution in [1.82, 2.24) is 25.8 Å². The van der Waals surface area contributed by atoms with Crippen molar-refractivity contribution in [3.8, 4) is 0 Å². The van der Waals surface area contributed by atoms with Gasteiger partial charge in [-0.15, -0.1) is 0 Å². The van der Waals surface area contributed by atoms with E-state index in [1.165, 1.54) is 0 Å². The Morgan fingerprint density at radius 1 is 1.36 bits per heavy atom. The second kappa shape index (κ2) is 7.49. The summed E-state index contributed by atoms with van der Waals surface area (Å²) in [4.78, 5) is 27.9. The number of ether oxygens (including phenoxy) is 1. The number of fused-ring (bicyclic) bond motifs is 1. The molecule has 1 saturated carbocycles. The molecule has 9 nitrogen and oxygen atoms in total. The van der Waals surface area contributed by atoms with Crippen molar-refractivity contribution < 1.29 is 14.3 Å². The number of nitrogens with zero attached hydrogens (tertiary/aromatic N) is 2. The molecule has 3 heterocycles. The fourth-order valence-corrected chi connectivity index (χ4v) is 3.74. The number of carbonyl (C=O) groups is 2. The summed E-state index contributed by atoms with van der Waals surface area (Å²) in [6.45, 7) is 4.27. The molecule has 0 spiro atoms. The van der Waals surface area contributed by atoms with Crippen molar-refractivity contribution in [3.63, 3.8) is 0 Å². The molecule has 2 aromatic heterocycles. The SMILES string of the molecule is CC(C)NC(=O)O[C@@H]1CC[C@H](c2cc(Nc3nccc4c3CNC4=O)n[nH]2)C1. The molecular weight excluding hydrogens is 360 g/mol. The predicted molar refractivity (Wildman–Crippen MR) is 102 cm³/mol. The van der Waals surface area contributed by atoms with E-state index in [0.717, 1.165) is 30.5 Å². The van der Waals surface area contributed by atoms with E-state index < -0.39 is 0 Å². The molecule has 1 fully saturated rings. The number of rotatable bonds is 5. The number of hydrogen-bond acceptors (Lipinski definition) is 6. The molecule has 28 heavy (non-hydrogen) atoms. The van der Waals surface area contributed by atoms with Gasteiger partial charge in [-0.25, -0.2) is 9.78 Å². The maximum atomic E-state index is 11.8. The molecule has 2 aromatic rings. The molecule has 4 rings (SSSR count). The van der Waals surface area contributed by atoms with Gasteiger partial charge < -0.3 is 20.7 Å². The first-order valence-corrected chi connectivity index (χ1v) is 9.55. The Bertz CT molecular complexity index is 894. The highest BCUT2D eigenvalue weighted by Gasteiger charge is 2.30. The van der Waals surface area contributed by atoms with Crippen molar-refractivity contribution in [2.75, 3.05) is 5.32 Å². The molecule has 0 bridgehead atoms. The van der Waals surface area contributed by atoms with Gasteiger partial charge >= 0.3 is 6.09 Å². The molecule has 0 unspecified atom stereocenters. The summed E-state index contributed by atoms with van der Waals surface area (Å²) in [5.74, 6) is 1.46. The molecule has 148 valence electrons. The van der Waals surface area contributed by atoms with Gasteiger partial charge in [0, 0.05) is 47.6 Å². The topological polar surface area (TPSA) is 121 Å². The van der Waals surface area contributed by atoms with E-state index in [0.29, 0.717) is 23.7 Å². The average molecular weight is 384 g/mol. The highest BCUT2D eigenvalue weighted by molar-refractivity contribution is 5.99. The van der Waals surface area contributed by atoms with Crippen LogP contribution in [-0.4, -0.2) is 39.3 Å². The van der Waals surface area contributed by atoms with Crippen LogP contribution in [0.15, 0.2) is 18.3 Å². The number of hydrogen-bond donors (Lipinski definition) is 4. The minimum Gasteiger partial charge on any atom is -0.446 e. The summed E-state index contributed by atoms with van der Waals surface area (Å²) in [5.41, 5.74) is 2.49. The van der Waals surface area contributed by atoms with E-state index in [2.05, 4.69) is 31.1 Å². The number of aromatic amines is 1. The number of alkyl carbamates (subject to hydrolysis) is 1. The van der Waals surface area contributed by atoms with E-state index >= 15 is 0 Å². The van der Waals surface area contributed by atoms with Gasteiger partial charge in [0.25, 0.3) is 5.91 Å². The first-order valence-electron chi connectivity index (χ1n) is 9.55. The van der Waals surface area contributed by atoms with Crippen LogP contribution in [0.2, 0.25) is 0 Å². The zero-order chi connectivity index (χ0) is 19.7. The first kappa shape index (κ1) is 18.3. The number of H-pyrrole nitrogens is 1. The summed E-state index contributed by atoms with van der Waals surface area (Å²) in [5, 5.41) is 16.1. The third kappa shape index (κ3) is 3.78. The van der Waals surface area contributed by atoms with Crippen LogP contribution < -0.4 is 16.0 Å². The Balaban J connectivity index is 1.38. The van der Waals surface area contributed by atoms with Gasteiger partial charge in [-0.1, -0.05) is 0 Å². The largest absolute Gasteiger partial charge is 0.446 e. The molecule has 0 radical (unpaired) electrons. The number of amides is 2. The third-order valence-corrected chi connectivity index (χ3v) is 5.07. The minimum atomic E-state index is -0.361. The van der Waals surface area contributed by atoms with Crippen molar-refractivity contribution >= 4 is 23.6 Å². The molecule has 2 atom stereocenters. The quantitative estimate of drug-likeness (QED) is 0.629. The van der Waals surface area contributed by atoms with Gasteiger partial charge in [-0.05, 0) is 39.2 Å². The Hall–Kier alpha value is -3.10. The highest BCUT2D eigenvalue weighted by Crippen LogP contribution is 2.36. The number of carbonyl (C=O) groups excluding carboxylic acids is 2. The van der Waals surface area contributed by atoms with Crippen LogP contribution >= 0.6 is 0 Å². The van der Waals surface area contributed by atoms with E-state index in [1.807, 2.05) is 19.9 Å². The second-order valence-corrected chi connectivity index (χ2v) is 7.54. The van der Waals surface area contributed by atoms with Crippen molar-refractivity contribution in [1.29, 1.82) is 0 Å². The number of nitrogens with one attached hydrogen (secondary N) is 4. The average Bonchev–Trinajstić information content (AvgIpc) is 3.36. The van der Waals surface area contributed by atoms with E-state index in [4.69, 9.17) is 4.74 Å². The van der Waals surface area contributed by atoms with Gasteiger partial charge in [-0.2, -0.15) is 5.10 Å². The molecule has 4 N–H and O–H groups in total. The third-order valence-electron chi connectivity index (χ3n) is 5.07. The zero-order valence-electron chi connectivity index (χ0n) is 15.9. The summed E-state index contributed by atoms with van der Waals surface area (Å²) in [6.07, 6.45) is 3.70. The molecule has 9 heteroatoms. The lowest BCUT2D eigenvalue weighted by molar-refractivity contribution is 0.0962. The molecule has 0 aromatic carbocycles. The Kier molecular flexibility index (Phi) is 4.89. The van der Waals surface area contributed by atoms with Crippen LogP contribution in [0.5, 0.6) is 0 Å². The standard InChI is InChI=1S/C19H24N6O3/c1-10(2)22-19(27)28-12-4-3-11(7-12)15-8-16(25-24-15)23-17-14-9-21-18(26)13(14)5-6-20-17/h5-6,8,10-12H,3-4,7,9H2,1-2H3,(H,21,26)(H,22,27)(H2,20,23,24,25)/t11-,12+/m0/s1. The lowest BCUT2D eigenvalue weighted by Crippen LogP contribution is -2.33.